The van der Waals surface area contributed by atoms with Gasteiger partial charge in [-0.05, 0) is 48.5 Å². The van der Waals surface area contributed by atoms with Crippen LogP contribution in [0.1, 0.15) is 15.9 Å². The second kappa shape index (κ2) is 5.66. The summed E-state index contributed by atoms with van der Waals surface area (Å²) in [6.45, 7) is 0. The van der Waals surface area contributed by atoms with E-state index in [-0.39, 0.29) is 5.91 Å². The molecule has 0 heterocycles. The molecule has 0 radical (unpaired) electrons. The lowest BCUT2D eigenvalue weighted by molar-refractivity contribution is -0.137. The number of nitrogens with one attached hydrogen (secondary N) is 1. The van der Waals surface area contributed by atoms with Crippen molar-refractivity contribution in [1.82, 2.24) is 0 Å². The Morgan fingerprint density at radius 1 is 0.950 bits per heavy atom. The molecule has 0 aromatic heterocycles. The zero-order valence-electron chi connectivity index (χ0n) is 10.0. The Morgan fingerprint density at radius 2 is 1.50 bits per heavy atom. The van der Waals surface area contributed by atoms with Gasteiger partial charge in [0.05, 0.1) is 5.56 Å². The van der Waals surface area contributed by atoms with Crippen molar-refractivity contribution in [2.24, 2.45) is 0 Å². The maximum Gasteiger partial charge on any atom is 0.416 e. The second-order valence-electron chi connectivity index (χ2n) is 4.04. The molecular formula is C14H9BrF3NO. The van der Waals surface area contributed by atoms with Crippen molar-refractivity contribution in [2.45, 2.75) is 6.18 Å². The predicted octanol–water partition coefficient (Wildman–Crippen LogP) is 4.72. The second-order valence-corrected chi connectivity index (χ2v) is 4.95. The van der Waals surface area contributed by atoms with Gasteiger partial charge >= 0.3 is 6.18 Å². The molecule has 20 heavy (non-hydrogen) atoms. The van der Waals surface area contributed by atoms with Crippen LogP contribution in [-0.4, -0.2) is 5.91 Å². The average Bonchev–Trinajstić information content (AvgIpc) is 2.39. The third-order valence-corrected chi connectivity index (χ3v) is 3.11. The van der Waals surface area contributed by atoms with Crippen LogP contribution < -0.4 is 5.32 Å². The monoisotopic (exact) mass is 343 g/mol. The largest absolute Gasteiger partial charge is 0.416 e. The Hall–Kier alpha value is -1.82. The fourth-order valence-electron chi connectivity index (χ4n) is 1.55. The van der Waals surface area contributed by atoms with E-state index in [1.165, 1.54) is 12.1 Å². The molecule has 1 N–H and O–H groups in total. The van der Waals surface area contributed by atoms with E-state index < -0.39 is 11.7 Å². The molecule has 0 fully saturated rings. The van der Waals surface area contributed by atoms with Gasteiger partial charge in [0.25, 0.3) is 5.91 Å². The summed E-state index contributed by atoms with van der Waals surface area (Å²) in [4.78, 5) is 11.9. The molecule has 104 valence electrons. The highest BCUT2D eigenvalue weighted by Gasteiger charge is 2.29. The molecule has 0 bridgehead atoms. The van der Waals surface area contributed by atoms with E-state index in [4.69, 9.17) is 0 Å². The topological polar surface area (TPSA) is 29.1 Å². The quantitative estimate of drug-likeness (QED) is 0.839. The van der Waals surface area contributed by atoms with E-state index in [0.29, 0.717) is 11.3 Å². The highest BCUT2D eigenvalue weighted by atomic mass is 79.9. The molecule has 0 saturated heterocycles. The van der Waals surface area contributed by atoms with Gasteiger partial charge in [0.1, 0.15) is 0 Å². The molecule has 0 aliphatic carbocycles. The predicted molar refractivity (Wildman–Crippen MR) is 73.5 cm³/mol. The average molecular weight is 344 g/mol. The Morgan fingerprint density at radius 3 is 2.00 bits per heavy atom. The first-order valence-corrected chi connectivity index (χ1v) is 6.40. The van der Waals surface area contributed by atoms with Crippen molar-refractivity contribution in [3.63, 3.8) is 0 Å². The number of hydrogen-bond donors (Lipinski definition) is 1. The number of hydrogen-bond acceptors (Lipinski definition) is 1. The van der Waals surface area contributed by atoms with E-state index in [2.05, 4.69) is 21.2 Å². The van der Waals surface area contributed by atoms with Crippen molar-refractivity contribution in [3.05, 3.63) is 64.1 Å². The zero-order valence-corrected chi connectivity index (χ0v) is 11.6. The van der Waals surface area contributed by atoms with Gasteiger partial charge in [-0.1, -0.05) is 15.9 Å². The van der Waals surface area contributed by atoms with Gasteiger partial charge in [-0.25, -0.2) is 0 Å². The Bertz CT molecular complexity index is 606. The summed E-state index contributed by atoms with van der Waals surface area (Å²) in [5.41, 5.74) is -0.0156. The van der Waals surface area contributed by atoms with Gasteiger partial charge in [-0.2, -0.15) is 13.2 Å². The minimum absolute atomic E-state index is 0.311. The zero-order chi connectivity index (χ0) is 14.8. The van der Waals surface area contributed by atoms with Crippen LogP contribution in [0.15, 0.2) is 53.0 Å². The Kier molecular flexibility index (Phi) is 4.13. The highest BCUT2D eigenvalue weighted by molar-refractivity contribution is 9.10. The molecule has 2 aromatic carbocycles. The number of amides is 1. The number of rotatable bonds is 2. The number of halogens is 4. The van der Waals surface area contributed by atoms with Crippen LogP contribution in [0.3, 0.4) is 0 Å². The van der Waals surface area contributed by atoms with Gasteiger partial charge < -0.3 is 5.32 Å². The molecule has 2 nitrogen and oxygen atoms in total. The van der Waals surface area contributed by atoms with Crippen molar-refractivity contribution in [3.8, 4) is 0 Å². The number of carbonyl (C=O) groups is 1. The third kappa shape index (κ3) is 3.60. The fourth-order valence-corrected chi connectivity index (χ4v) is 1.81. The summed E-state index contributed by atoms with van der Waals surface area (Å²) < 4.78 is 38.0. The fraction of sp³-hybridized carbons (Fsp3) is 0.0714. The number of carbonyl (C=O) groups excluding carboxylic acids is 1. The molecule has 0 atom stereocenters. The number of anilines is 1. The van der Waals surface area contributed by atoms with E-state index >= 15 is 0 Å². The molecule has 0 spiro atoms. The van der Waals surface area contributed by atoms with Crippen molar-refractivity contribution >= 4 is 27.5 Å². The van der Waals surface area contributed by atoms with Crippen LogP contribution in [-0.2, 0) is 6.18 Å². The summed E-state index contributed by atoms with van der Waals surface area (Å²) in [5.74, 6) is -0.378. The summed E-state index contributed by atoms with van der Waals surface area (Å²) in [6, 6.07) is 10.9. The third-order valence-electron chi connectivity index (χ3n) is 2.58. The van der Waals surface area contributed by atoms with Gasteiger partial charge in [0, 0.05) is 15.7 Å². The highest BCUT2D eigenvalue weighted by Crippen LogP contribution is 2.29. The van der Waals surface area contributed by atoms with E-state index in [1.54, 1.807) is 24.3 Å². The molecule has 0 saturated carbocycles. The molecule has 0 unspecified atom stereocenters. The Labute approximate surface area is 121 Å². The SMILES string of the molecule is O=C(Nc1ccc(C(F)(F)F)cc1)c1ccc(Br)cc1. The summed E-state index contributed by atoms with van der Waals surface area (Å²) in [5, 5.41) is 2.53. The molecule has 2 rings (SSSR count). The number of benzene rings is 2. The lowest BCUT2D eigenvalue weighted by Crippen LogP contribution is -2.12. The first kappa shape index (κ1) is 14.6. The maximum atomic E-state index is 12.4. The van der Waals surface area contributed by atoms with Gasteiger partial charge in [0.2, 0.25) is 0 Å². The molecule has 1 amide bonds. The summed E-state index contributed by atoms with van der Waals surface area (Å²) >= 11 is 3.25. The van der Waals surface area contributed by atoms with Crippen LogP contribution in [0.2, 0.25) is 0 Å². The maximum absolute atomic E-state index is 12.4. The van der Waals surface area contributed by atoms with Crippen LogP contribution in [0.25, 0.3) is 0 Å². The first-order chi connectivity index (χ1) is 9.36. The van der Waals surface area contributed by atoms with Crippen LogP contribution in [0.5, 0.6) is 0 Å². The van der Waals surface area contributed by atoms with E-state index in [9.17, 15) is 18.0 Å². The molecule has 0 aliphatic heterocycles. The van der Waals surface area contributed by atoms with Crippen molar-refractivity contribution in [2.75, 3.05) is 5.32 Å². The minimum Gasteiger partial charge on any atom is -0.322 e. The lowest BCUT2D eigenvalue weighted by atomic mass is 10.2. The molecule has 0 aliphatic rings. The van der Waals surface area contributed by atoms with Gasteiger partial charge in [-0.15, -0.1) is 0 Å². The molecule has 6 heteroatoms. The normalized spacial score (nSPS) is 11.2. The minimum atomic E-state index is -4.38. The Balaban J connectivity index is 2.10. The summed E-state index contributed by atoms with van der Waals surface area (Å²) in [7, 11) is 0. The molecular weight excluding hydrogens is 335 g/mol. The number of alkyl halides is 3. The standard InChI is InChI=1S/C14H9BrF3NO/c15-11-5-1-9(2-6-11)13(20)19-12-7-3-10(4-8-12)14(16,17)18/h1-8H,(H,19,20). The first-order valence-electron chi connectivity index (χ1n) is 5.60. The van der Waals surface area contributed by atoms with Gasteiger partial charge in [-0.3, -0.25) is 4.79 Å². The van der Waals surface area contributed by atoms with Crippen LogP contribution >= 0.6 is 15.9 Å². The van der Waals surface area contributed by atoms with Gasteiger partial charge in [0.15, 0.2) is 0 Å². The van der Waals surface area contributed by atoms with Crippen LogP contribution in [0, 0.1) is 0 Å². The molecule has 2 aromatic rings. The van der Waals surface area contributed by atoms with E-state index in [0.717, 1.165) is 16.6 Å². The van der Waals surface area contributed by atoms with Crippen LogP contribution in [0.4, 0.5) is 18.9 Å². The summed E-state index contributed by atoms with van der Waals surface area (Å²) in [6.07, 6.45) is -4.38. The lowest BCUT2D eigenvalue weighted by Gasteiger charge is -2.09. The van der Waals surface area contributed by atoms with E-state index in [1.807, 2.05) is 0 Å². The van der Waals surface area contributed by atoms with Crippen molar-refractivity contribution < 1.29 is 18.0 Å². The van der Waals surface area contributed by atoms with Crippen molar-refractivity contribution in [1.29, 1.82) is 0 Å². The smallest absolute Gasteiger partial charge is 0.322 e.